The molecule has 4 heteroatoms. The highest BCUT2D eigenvalue weighted by Gasteiger charge is 2.14. The zero-order valence-corrected chi connectivity index (χ0v) is 8.47. The fourth-order valence-corrected chi connectivity index (χ4v) is 1.20. The summed E-state index contributed by atoms with van der Waals surface area (Å²) in [5, 5.41) is 0.602. The molecule has 0 aromatic carbocycles. The van der Waals surface area contributed by atoms with Gasteiger partial charge < -0.3 is 9.15 Å². The van der Waals surface area contributed by atoms with Gasteiger partial charge in [0.1, 0.15) is 17.1 Å². The van der Waals surface area contributed by atoms with Gasteiger partial charge in [-0.25, -0.2) is 4.79 Å². The molecule has 0 radical (unpaired) electrons. The van der Waals surface area contributed by atoms with Crippen LogP contribution in [0.5, 0.6) is 0 Å². The molecule has 1 rings (SSSR count). The molecule has 0 spiro atoms. The lowest BCUT2D eigenvalue weighted by Crippen LogP contribution is -2.00. The van der Waals surface area contributed by atoms with Crippen molar-refractivity contribution in [3.05, 3.63) is 23.2 Å². The second-order valence-corrected chi connectivity index (χ2v) is 2.87. The third-order valence-electron chi connectivity index (χ3n) is 1.51. The molecule has 0 N–H and O–H groups in total. The minimum absolute atomic E-state index is 0.358. The molecule has 66 valence electrons. The van der Waals surface area contributed by atoms with E-state index in [0.29, 0.717) is 16.7 Å². The minimum atomic E-state index is -0.358. The first kappa shape index (κ1) is 9.32. The molecule has 0 fully saturated rings. The Labute approximate surface area is 78.8 Å². The van der Waals surface area contributed by atoms with Gasteiger partial charge in [-0.05, 0) is 13.0 Å². The first-order valence-corrected chi connectivity index (χ1v) is 4.54. The Hall–Kier alpha value is -0.770. The van der Waals surface area contributed by atoms with Crippen LogP contribution in [-0.4, -0.2) is 13.1 Å². The summed E-state index contributed by atoms with van der Waals surface area (Å²) in [6, 6.07) is 1.68. The highest BCUT2D eigenvalue weighted by Crippen LogP contribution is 2.17. The van der Waals surface area contributed by atoms with Crippen molar-refractivity contribution >= 4 is 21.9 Å². The third kappa shape index (κ3) is 1.69. The quantitative estimate of drug-likeness (QED) is 0.581. The van der Waals surface area contributed by atoms with Crippen molar-refractivity contribution in [1.29, 1.82) is 0 Å². The van der Waals surface area contributed by atoms with Gasteiger partial charge in [-0.2, -0.15) is 0 Å². The van der Waals surface area contributed by atoms with Crippen LogP contribution in [0.3, 0.4) is 0 Å². The summed E-state index contributed by atoms with van der Waals surface area (Å²) in [6.07, 6.45) is 0. The summed E-state index contributed by atoms with van der Waals surface area (Å²) in [7, 11) is 1.35. The van der Waals surface area contributed by atoms with E-state index < -0.39 is 0 Å². The Balaban J connectivity index is 2.99. The maximum atomic E-state index is 11.1. The molecule has 12 heavy (non-hydrogen) atoms. The van der Waals surface area contributed by atoms with E-state index in [9.17, 15) is 4.79 Å². The molecule has 0 bridgehead atoms. The molecule has 0 aliphatic rings. The van der Waals surface area contributed by atoms with Crippen LogP contribution in [-0.2, 0) is 10.1 Å². The molecule has 0 atom stereocenters. The second kappa shape index (κ2) is 3.76. The summed E-state index contributed by atoms with van der Waals surface area (Å²) in [6.45, 7) is 1.73. The number of alkyl halides is 1. The Bertz CT molecular complexity index is 290. The number of esters is 1. The van der Waals surface area contributed by atoms with Gasteiger partial charge in [-0.1, -0.05) is 15.9 Å². The van der Waals surface area contributed by atoms with Crippen LogP contribution in [0, 0.1) is 6.92 Å². The predicted molar refractivity (Wildman–Crippen MR) is 47.4 cm³/mol. The molecule has 0 amide bonds. The van der Waals surface area contributed by atoms with Crippen LogP contribution in [0.25, 0.3) is 0 Å². The van der Waals surface area contributed by atoms with Crippen LogP contribution in [0.15, 0.2) is 10.5 Å². The lowest BCUT2D eigenvalue weighted by atomic mass is 10.2. The number of ether oxygens (including phenoxy) is 1. The van der Waals surface area contributed by atoms with Gasteiger partial charge in [0.25, 0.3) is 0 Å². The van der Waals surface area contributed by atoms with E-state index in [1.54, 1.807) is 13.0 Å². The van der Waals surface area contributed by atoms with Gasteiger partial charge in [0, 0.05) is 0 Å². The van der Waals surface area contributed by atoms with Gasteiger partial charge in [0.05, 0.1) is 12.4 Å². The standard InChI is InChI=1S/C8H9BrO3/c1-5-7(8(10)11-2)3-6(4-9)12-5/h3H,4H2,1-2H3. The molecular formula is C8H9BrO3. The highest BCUT2D eigenvalue weighted by atomic mass is 79.9. The molecule has 0 saturated heterocycles. The van der Waals surface area contributed by atoms with Crippen LogP contribution in [0.1, 0.15) is 21.9 Å². The monoisotopic (exact) mass is 232 g/mol. The molecule has 1 aromatic rings. The SMILES string of the molecule is COC(=O)c1cc(CBr)oc1C. The van der Waals surface area contributed by atoms with Gasteiger partial charge >= 0.3 is 5.97 Å². The number of carbonyl (C=O) groups excluding carboxylic acids is 1. The topological polar surface area (TPSA) is 39.4 Å². The van der Waals surface area contributed by atoms with Crippen molar-refractivity contribution in [1.82, 2.24) is 0 Å². The summed E-state index contributed by atoms with van der Waals surface area (Å²) in [4.78, 5) is 11.1. The van der Waals surface area contributed by atoms with Crippen LogP contribution < -0.4 is 0 Å². The maximum Gasteiger partial charge on any atom is 0.341 e. The first-order valence-electron chi connectivity index (χ1n) is 3.42. The number of halogens is 1. The van der Waals surface area contributed by atoms with Crippen molar-refractivity contribution in [2.24, 2.45) is 0 Å². The van der Waals surface area contributed by atoms with Gasteiger partial charge in [-0.3, -0.25) is 0 Å². The van der Waals surface area contributed by atoms with Gasteiger partial charge in [0.15, 0.2) is 0 Å². The first-order chi connectivity index (χ1) is 5.69. The van der Waals surface area contributed by atoms with Gasteiger partial charge in [0.2, 0.25) is 0 Å². The second-order valence-electron chi connectivity index (χ2n) is 2.31. The summed E-state index contributed by atoms with van der Waals surface area (Å²) < 4.78 is 9.80. The van der Waals surface area contributed by atoms with Crippen molar-refractivity contribution in [3.8, 4) is 0 Å². The average molecular weight is 233 g/mol. The average Bonchev–Trinajstić information content (AvgIpc) is 2.45. The number of methoxy groups -OCH3 is 1. The van der Waals surface area contributed by atoms with E-state index in [-0.39, 0.29) is 5.97 Å². The van der Waals surface area contributed by atoms with E-state index in [1.165, 1.54) is 7.11 Å². The Kier molecular flexibility index (Phi) is 2.92. The number of hydrogen-bond donors (Lipinski definition) is 0. The largest absolute Gasteiger partial charge is 0.465 e. The predicted octanol–water partition coefficient (Wildman–Crippen LogP) is 2.27. The molecule has 0 saturated carbocycles. The number of carbonyl (C=O) groups is 1. The van der Waals surface area contributed by atoms with E-state index in [0.717, 1.165) is 5.76 Å². The number of rotatable bonds is 2. The van der Waals surface area contributed by atoms with Crippen molar-refractivity contribution < 1.29 is 13.9 Å². The number of furan rings is 1. The van der Waals surface area contributed by atoms with E-state index in [1.807, 2.05) is 0 Å². The van der Waals surface area contributed by atoms with Crippen LogP contribution in [0.2, 0.25) is 0 Å². The summed E-state index contributed by atoms with van der Waals surface area (Å²) in [5.74, 6) is 0.965. The maximum absolute atomic E-state index is 11.1. The van der Waals surface area contributed by atoms with Crippen molar-refractivity contribution in [2.75, 3.05) is 7.11 Å². The molecule has 3 nitrogen and oxygen atoms in total. The zero-order chi connectivity index (χ0) is 9.14. The Morgan fingerprint density at radius 2 is 2.42 bits per heavy atom. The third-order valence-corrected chi connectivity index (χ3v) is 2.06. The molecule has 0 aliphatic heterocycles. The van der Waals surface area contributed by atoms with Crippen molar-refractivity contribution in [2.45, 2.75) is 12.3 Å². The fourth-order valence-electron chi connectivity index (χ4n) is 0.922. The normalized spacial score (nSPS) is 9.92. The van der Waals surface area contributed by atoms with E-state index in [2.05, 4.69) is 20.7 Å². The Morgan fingerprint density at radius 1 is 1.75 bits per heavy atom. The van der Waals surface area contributed by atoms with Crippen LogP contribution in [0.4, 0.5) is 0 Å². The smallest absolute Gasteiger partial charge is 0.341 e. The number of aryl methyl sites for hydroxylation is 1. The lowest BCUT2D eigenvalue weighted by molar-refractivity contribution is 0.0599. The highest BCUT2D eigenvalue weighted by molar-refractivity contribution is 9.08. The minimum Gasteiger partial charge on any atom is -0.465 e. The van der Waals surface area contributed by atoms with Crippen molar-refractivity contribution in [3.63, 3.8) is 0 Å². The molecule has 1 aromatic heterocycles. The molecular weight excluding hydrogens is 224 g/mol. The molecule has 0 aliphatic carbocycles. The summed E-state index contributed by atoms with van der Waals surface area (Å²) in [5.41, 5.74) is 0.493. The van der Waals surface area contributed by atoms with E-state index in [4.69, 9.17) is 4.42 Å². The lowest BCUT2D eigenvalue weighted by Gasteiger charge is -1.93. The Morgan fingerprint density at radius 3 is 2.83 bits per heavy atom. The molecule has 0 unspecified atom stereocenters. The van der Waals surface area contributed by atoms with Gasteiger partial charge in [-0.15, -0.1) is 0 Å². The fraction of sp³-hybridized carbons (Fsp3) is 0.375. The van der Waals surface area contributed by atoms with Crippen LogP contribution >= 0.6 is 15.9 Å². The zero-order valence-electron chi connectivity index (χ0n) is 6.89. The number of hydrogen-bond acceptors (Lipinski definition) is 3. The molecule has 1 heterocycles. The summed E-state index contributed by atoms with van der Waals surface area (Å²) >= 11 is 3.23. The van der Waals surface area contributed by atoms with E-state index >= 15 is 0 Å².